The van der Waals surface area contributed by atoms with Crippen molar-refractivity contribution in [3.8, 4) is 0 Å². The Morgan fingerprint density at radius 3 is 2.16 bits per heavy atom. The second kappa shape index (κ2) is 8.01. The highest BCUT2D eigenvalue weighted by atomic mass is 79.9. The summed E-state index contributed by atoms with van der Waals surface area (Å²) in [7, 11) is -3.62. The van der Waals surface area contributed by atoms with Gasteiger partial charge in [-0.25, -0.2) is 8.42 Å². The Hall–Kier alpha value is -1.86. The van der Waals surface area contributed by atoms with Gasteiger partial charge in [0.2, 0.25) is 15.9 Å². The van der Waals surface area contributed by atoms with Crippen molar-refractivity contribution in [2.75, 3.05) is 15.9 Å². The van der Waals surface area contributed by atoms with E-state index in [1.807, 2.05) is 31.2 Å². The molecule has 2 rings (SSSR count). The first-order valence-electron chi connectivity index (χ1n) is 7.85. The van der Waals surface area contributed by atoms with Gasteiger partial charge in [0.05, 0.1) is 11.9 Å². The molecule has 0 radical (unpaired) electrons. The molecule has 1 atom stereocenters. The van der Waals surface area contributed by atoms with Gasteiger partial charge in [-0.15, -0.1) is 0 Å². The van der Waals surface area contributed by atoms with Crippen molar-refractivity contribution in [3.63, 3.8) is 0 Å². The van der Waals surface area contributed by atoms with Crippen LogP contribution in [0.5, 0.6) is 0 Å². The standard InChI is InChI=1S/C18H21BrN2O3S/c1-4-17(18(22)20-15-9-7-14(19)8-10-15)21(25(3,23)24)16-11-5-13(2)6-12-16/h5-12,17H,4H2,1-3H3,(H,20,22)/t17-/m0/s1. The van der Waals surface area contributed by atoms with Crippen LogP contribution in [0.4, 0.5) is 11.4 Å². The van der Waals surface area contributed by atoms with E-state index in [1.54, 1.807) is 31.2 Å². The molecular weight excluding hydrogens is 404 g/mol. The molecule has 0 bridgehead atoms. The molecule has 7 heteroatoms. The zero-order valence-electron chi connectivity index (χ0n) is 14.4. The van der Waals surface area contributed by atoms with Crippen LogP contribution in [-0.2, 0) is 14.8 Å². The summed E-state index contributed by atoms with van der Waals surface area (Å²) >= 11 is 3.34. The van der Waals surface area contributed by atoms with Crippen molar-refractivity contribution in [1.29, 1.82) is 0 Å². The summed E-state index contributed by atoms with van der Waals surface area (Å²) in [6.45, 7) is 3.71. The van der Waals surface area contributed by atoms with Crippen molar-refractivity contribution >= 4 is 43.2 Å². The Kier molecular flexibility index (Phi) is 6.24. The Bertz CT molecular complexity index is 834. The molecule has 0 saturated heterocycles. The average Bonchev–Trinajstić information content (AvgIpc) is 2.54. The average molecular weight is 425 g/mol. The molecule has 2 aromatic rings. The maximum absolute atomic E-state index is 12.7. The van der Waals surface area contributed by atoms with Gasteiger partial charge in [0.15, 0.2) is 0 Å². The molecule has 0 aliphatic rings. The van der Waals surface area contributed by atoms with E-state index < -0.39 is 16.1 Å². The number of hydrogen-bond acceptors (Lipinski definition) is 3. The molecule has 0 unspecified atom stereocenters. The number of rotatable bonds is 6. The molecule has 0 heterocycles. The maximum Gasteiger partial charge on any atom is 0.248 e. The lowest BCUT2D eigenvalue weighted by atomic mass is 10.1. The molecule has 5 nitrogen and oxygen atoms in total. The first-order chi connectivity index (χ1) is 11.7. The van der Waals surface area contributed by atoms with Gasteiger partial charge in [0, 0.05) is 10.2 Å². The SMILES string of the molecule is CC[C@@H](C(=O)Nc1ccc(Br)cc1)N(c1ccc(C)cc1)S(C)(=O)=O. The zero-order valence-corrected chi connectivity index (χ0v) is 16.8. The molecule has 0 saturated carbocycles. The van der Waals surface area contributed by atoms with E-state index in [9.17, 15) is 13.2 Å². The summed E-state index contributed by atoms with van der Waals surface area (Å²) in [4.78, 5) is 12.7. The van der Waals surface area contributed by atoms with Gasteiger partial charge in [-0.05, 0) is 49.7 Å². The van der Waals surface area contributed by atoms with Crippen LogP contribution in [0.3, 0.4) is 0 Å². The molecule has 0 spiro atoms. The number of nitrogens with one attached hydrogen (secondary N) is 1. The Morgan fingerprint density at radius 2 is 1.68 bits per heavy atom. The van der Waals surface area contributed by atoms with E-state index in [0.29, 0.717) is 17.8 Å². The van der Waals surface area contributed by atoms with Gasteiger partial charge in [-0.2, -0.15) is 0 Å². The molecule has 134 valence electrons. The fraction of sp³-hybridized carbons (Fsp3) is 0.278. The van der Waals surface area contributed by atoms with Gasteiger partial charge in [-0.1, -0.05) is 40.5 Å². The number of aryl methyl sites for hydroxylation is 1. The van der Waals surface area contributed by atoms with Crippen molar-refractivity contribution < 1.29 is 13.2 Å². The molecule has 0 aliphatic carbocycles. The van der Waals surface area contributed by atoms with Gasteiger partial charge in [0.25, 0.3) is 0 Å². The molecule has 0 aliphatic heterocycles. The van der Waals surface area contributed by atoms with Gasteiger partial charge < -0.3 is 5.32 Å². The quantitative estimate of drug-likeness (QED) is 0.763. The smallest absolute Gasteiger partial charge is 0.248 e. The predicted molar refractivity (Wildman–Crippen MR) is 105 cm³/mol. The van der Waals surface area contributed by atoms with Gasteiger partial charge in [-0.3, -0.25) is 9.10 Å². The second-order valence-corrected chi connectivity index (χ2v) is 8.59. The van der Waals surface area contributed by atoms with Crippen molar-refractivity contribution in [2.45, 2.75) is 26.3 Å². The lowest BCUT2D eigenvalue weighted by molar-refractivity contribution is -0.117. The van der Waals surface area contributed by atoms with Gasteiger partial charge in [0.1, 0.15) is 6.04 Å². The van der Waals surface area contributed by atoms with E-state index >= 15 is 0 Å². The Balaban J connectivity index is 2.34. The Morgan fingerprint density at radius 1 is 1.12 bits per heavy atom. The normalized spacial score (nSPS) is 12.5. The van der Waals surface area contributed by atoms with E-state index in [0.717, 1.165) is 16.3 Å². The molecule has 0 aromatic heterocycles. The number of amides is 1. The van der Waals surface area contributed by atoms with Gasteiger partial charge >= 0.3 is 0 Å². The minimum absolute atomic E-state index is 0.351. The monoisotopic (exact) mass is 424 g/mol. The molecule has 0 fully saturated rings. The summed E-state index contributed by atoms with van der Waals surface area (Å²) in [6.07, 6.45) is 1.46. The highest BCUT2D eigenvalue weighted by Gasteiger charge is 2.31. The summed E-state index contributed by atoms with van der Waals surface area (Å²) in [5.74, 6) is -0.365. The van der Waals surface area contributed by atoms with Crippen LogP contribution in [0.25, 0.3) is 0 Å². The number of halogens is 1. The highest BCUT2D eigenvalue weighted by molar-refractivity contribution is 9.10. The van der Waals surface area contributed by atoms with Crippen LogP contribution < -0.4 is 9.62 Å². The third kappa shape index (κ3) is 5.06. The van der Waals surface area contributed by atoms with Crippen molar-refractivity contribution in [3.05, 3.63) is 58.6 Å². The largest absolute Gasteiger partial charge is 0.324 e. The topological polar surface area (TPSA) is 66.5 Å². The maximum atomic E-state index is 12.7. The van der Waals surface area contributed by atoms with Crippen LogP contribution in [0, 0.1) is 6.92 Å². The van der Waals surface area contributed by atoms with E-state index in [2.05, 4.69) is 21.2 Å². The number of carbonyl (C=O) groups excluding carboxylic acids is 1. The minimum Gasteiger partial charge on any atom is -0.324 e. The summed E-state index contributed by atoms with van der Waals surface area (Å²) in [6, 6.07) is 13.4. The number of anilines is 2. The van der Waals surface area contributed by atoms with Crippen molar-refractivity contribution in [2.24, 2.45) is 0 Å². The van der Waals surface area contributed by atoms with Crippen LogP contribution in [-0.4, -0.2) is 26.6 Å². The van der Waals surface area contributed by atoms with Crippen LogP contribution in [0.1, 0.15) is 18.9 Å². The van der Waals surface area contributed by atoms with Crippen LogP contribution >= 0.6 is 15.9 Å². The molecule has 1 N–H and O–H groups in total. The molecule has 1 amide bonds. The first kappa shape index (κ1) is 19.5. The fourth-order valence-electron chi connectivity index (χ4n) is 2.51. The van der Waals surface area contributed by atoms with E-state index in [-0.39, 0.29) is 5.91 Å². The molecular formula is C18H21BrN2O3S. The third-order valence-corrected chi connectivity index (χ3v) is 5.44. The summed E-state index contributed by atoms with van der Waals surface area (Å²) < 4.78 is 26.8. The third-order valence-electron chi connectivity index (χ3n) is 3.73. The van der Waals surface area contributed by atoms with Crippen LogP contribution in [0.15, 0.2) is 53.0 Å². The number of nitrogens with zero attached hydrogens (tertiary/aromatic N) is 1. The van der Waals surface area contributed by atoms with Crippen LogP contribution in [0.2, 0.25) is 0 Å². The first-order valence-corrected chi connectivity index (χ1v) is 10.5. The van der Waals surface area contributed by atoms with Crippen molar-refractivity contribution in [1.82, 2.24) is 0 Å². The summed E-state index contributed by atoms with van der Waals surface area (Å²) in [5.41, 5.74) is 2.11. The number of hydrogen-bond donors (Lipinski definition) is 1. The fourth-order valence-corrected chi connectivity index (χ4v) is 3.99. The second-order valence-electron chi connectivity index (χ2n) is 5.81. The predicted octanol–water partition coefficient (Wildman–Crippen LogP) is 3.94. The Labute approximate surface area is 157 Å². The lowest BCUT2D eigenvalue weighted by Crippen LogP contribution is -2.47. The zero-order chi connectivity index (χ0) is 18.6. The van der Waals surface area contributed by atoms with E-state index in [1.165, 1.54) is 4.31 Å². The highest BCUT2D eigenvalue weighted by Crippen LogP contribution is 2.24. The number of benzene rings is 2. The minimum atomic E-state index is -3.62. The molecule has 2 aromatic carbocycles. The lowest BCUT2D eigenvalue weighted by Gasteiger charge is -2.30. The number of carbonyl (C=O) groups is 1. The summed E-state index contributed by atoms with van der Waals surface area (Å²) in [5, 5.41) is 2.79. The van der Waals surface area contributed by atoms with E-state index in [4.69, 9.17) is 0 Å². The molecule has 25 heavy (non-hydrogen) atoms. The number of sulfonamides is 1.